The summed E-state index contributed by atoms with van der Waals surface area (Å²) >= 11 is 1.59. The van der Waals surface area contributed by atoms with E-state index in [0.717, 1.165) is 10.7 Å². The third-order valence-electron chi connectivity index (χ3n) is 3.30. The zero-order valence-electron chi connectivity index (χ0n) is 14.0. The van der Waals surface area contributed by atoms with Gasteiger partial charge in [0.2, 0.25) is 0 Å². The third-order valence-corrected chi connectivity index (χ3v) is 4.49. The Bertz CT molecular complexity index is 514. The maximum Gasteiger partial charge on any atom is 0.328 e. The second-order valence-electron chi connectivity index (χ2n) is 5.81. The number of likely N-dealkylation sites (N-methyl/N-ethyl adjacent to an activating group) is 1. The van der Waals surface area contributed by atoms with Crippen molar-refractivity contribution in [2.24, 2.45) is 5.92 Å². The predicted molar refractivity (Wildman–Crippen MR) is 86.8 cm³/mol. The molecule has 0 saturated heterocycles. The number of hydrogen-bond acceptors (Lipinski definition) is 5. The van der Waals surface area contributed by atoms with Gasteiger partial charge < -0.3 is 15.0 Å². The van der Waals surface area contributed by atoms with Crippen LogP contribution in [0.5, 0.6) is 0 Å². The van der Waals surface area contributed by atoms with Gasteiger partial charge in [-0.3, -0.25) is 0 Å². The van der Waals surface area contributed by atoms with E-state index in [1.54, 1.807) is 18.4 Å². The summed E-state index contributed by atoms with van der Waals surface area (Å²) in [5.41, 5.74) is 0.828. The van der Waals surface area contributed by atoms with Gasteiger partial charge in [0.15, 0.2) is 0 Å². The molecule has 0 aliphatic carbocycles. The van der Waals surface area contributed by atoms with Crippen molar-refractivity contribution in [1.82, 2.24) is 15.2 Å². The molecule has 6 nitrogen and oxygen atoms in total. The molecular weight excluding hydrogens is 302 g/mol. The number of nitrogens with zero attached hydrogens (tertiary/aromatic N) is 2. The van der Waals surface area contributed by atoms with Gasteiger partial charge in [0.25, 0.3) is 0 Å². The minimum atomic E-state index is -0.605. The van der Waals surface area contributed by atoms with Crippen molar-refractivity contribution in [2.75, 3.05) is 14.2 Å². The Hall–Kier alpha value is -1.63. The molecular formula is C15H25N3O3S. The minimum absolute atomic E-state index is 0.0324. The number of esters is 1. The molecule has 0 unspecified atom stereocenters. The first kappa shape index (κ1) is 18.4. The number of rotatable bonds is 6. The molecule has 2 amide bonds. The van der Waals surface area contributed by atoms with Crippen LogP contribution in [-0.4, -0.2) is 42.1 Å². The van der Waals surface area contributed by atoms with Crippen molar-refractivity contribution in [2.45, 2.75) is 46.2 Å². The van der Waals surface area contributed by atoms with E-state index < -0.39 is 12.0 Å². The summed E-state index contributed by atoms with van der Waals surface area (Å²) in [6.45, 7) is 8.26. The molecule has 1 heterocycles. The van der Waals surface area contributed by atoms with Gasteiger partial charge in [-0.05, 0) is 5.92 Å². The van der Waals surface area contributed by atoms with E-state index >= 15 is 0 Å². The number of hydrogen-bond donors (Lipinski definition) is 1. The number of methoxy groups -OCH3 is 1. The highest BCUT2D eigenvalue weighted by Gasteiger charge is 2.30. The lowest BCUT2D eigenvalue weighted by molar-refractivity contribution is -0.147. The zero-order valence-corrected chi connectivity index (χ0v) is 14.9. The number of ether oxygens (including phenoxy) is 1. The molecule has 0 aliphatic rings. The number of urea groups is 1. The fourth-order valence-electron chi connectivity index (χ4n) is 2.08. The van der Waals surface area contributed by atoms with Gasteiger partial charge in [-0.25, -0.2) is 14.6 Å². The van der Waals surface area contributed by atoms with E-state index in [2.05, 4.69) is 24.1 Å². The summed E-state index contributed by atoms with van der Waals surface area (Å²) in [7, 11) is 2.92. The van der Waals surface area contributed by atoms with E-state index in [4.69, 9.17) is 4.74 Å². The molecule has 0 radical (unpaired) electrons. The van der Waals surface area contributed by atoms with Crippen molar-refractivity contribution in [3.8, 4) is 0 Å². The summed E-state index contributed by atoms with van der Waals surface area (Å²) in [6, 6.07) is -0.921. The van der Waals surface area contributed by atoms with Crippen LogP contribution in [0.1, 0.15) is 44.3 Å². The van der Waals surface area contributed by atoms with Gasteiger partial charge in [0.05, 0.1) is 24.4 Å². The molecule has 22 heavy (non-hydrogen) atoms. The lowest BCUT2D eigenvalue weighted by atomic mass is 10.0. The minimum Gasteiger partial charge on any atom is -0.467 e. The van der Waals surface area contributed by atoms with Crippen LogP contribution in [-0.2, 0) is 16.1 Å². The molecule has 0 fully saturated rings. The van der Waals surface area contributed by atoms with E-state index in [1.165, 1.54) is 12.0 Å². The van der Waals surface area contributed by atoms with E-state index in [1.807, 2.05) is 19.2 Å². The van der Waals surface area contributed by atoms with Gasteiger partial charge >= 0.3 is 12.0 Å². The second kappa shape index (κ2) is 8.12. The van der Waals surface area contributed by atoms with Crippen LogP contribution in [0.3, 0.4) is 0 Å². The smallest absolute Gasteiger partial charge is 0.328 e. The van der Waals surface area contributed by atoms with E-state index in [-0.39, 0.29) is 11.9 Å². The first-order chi connectivity index (χ1) is 10.3. The zero-order chi connectivity index (χ0) is 16.9. The molecule has 7 heteroatoms. The van der Waals surface area contributed by atoms with Crippen molar-refractivity contribution in [1.29, 1.82) is 0 Å². The molecule has 1 aromatic rings. The Kier molecular flexibility index (Phi) is 6.80. The number of carbonyl (C=O) groups is 2. The van der Waals surface area contributed by atoms with Crippen LogP contribution in [0.15, 0.2) is 5.38 Å². The monoisotopic (exact) mass is 327 g/mol. The molecule has 1 aromatic heterocycles. The Balaban J connectivity index is 2.64. The first-order valence-corrected chi connectivity index (χ1v) is 8.18. The number of thiazole rings is 1. The van der Waals surface area contributed by atoms with Crippen LogP contribution >= 0.6 is 11.3 Å². The second-order valence-corrected chi connectivity index (χ2v) is 6.70. The summed E-state index contributed by atoms with van der Waals surface area (Å²) in [5, 5.41) is 5.78. The van der Waals surface area contributed by atoms with E-state index in [0.29, 0.717) is 12.5 Å². The van der Waals surface area contributed by atoms with Crippen LogP contribution in [0.25, 0.3) is 0 Å². The lowest BCUT2D eigenvalue weighted by Crippen LogP contribution is -2.50. The average Bonchev–Trinajstić information content (AvgIpc) is 2.93. The highest BCUT2D eigenvalue weighted by Crippen LogP contribution is 2.19. The highest BCUT2D eigenvalue weighted by atomic mass is 32.1. The number of carbonyl (C=O) groups excluding carboxylic acids is 2. The van der Waals surface area contributed by atoms with Gasteiger partial charge in [-0.15, -0.1) is 11.3 Å². The number of amides is 2. The van der Waals surface area contributed by atoms with E-state index in [9.17, 15) is 9.59 Å². The van der Waals surface area contributed by atoms with Crippen molar-refractivity contribution in [3.05, 3.63) is 16.1 Å². The topological polar surface area (TPSA) is 71.5 Å². The Morgan fingerprint density at radius 2 is 2.00 bits per heavy atom. The quantitative estimate of drug-likeness (QED) is 0.815. The summed E-state index contributed by atoms with van der Waals surface area (Å²) in [5.74, 6) is -0.0693. The van der Waals surface area contributed by atoms with Crippen LogP contribution in [0.2, 0.25) is 0 Å². The molecule has 0 saturated carbocycles. The predicted octanol–water partition coefficient (Wildman–Crippen LogP) is 2.61. The SMILES string of the molecule is COC(=O)[C@H](C(C)C)N(C)C(=O)NCc1csc(C(C)C)n1. The standard InChI is InChI=1S/C15H25N3O3S/c1-9(2)12(14(19)21-6)18(5)15(20)16-7-11-8-22-13(17-11)10(3)4/h8-10,12H,7H2,1-6H3,(H,16,20)/t12-/m0/s1. The molecule has 1 rings (SSSR count). The Morgan fingerprint density at radius 3 is 2.45 bits per heavy atom. The van der Waals surface area contributed by atoms with Gasteiger partial charge in [0.1, 0.15) is 6.04 Å². The van der Waals surface area contributed by atoms with Crippen molar-refractivity contribution >= 4 is 23.3 Å². The molecule has 0 aromatic carbocycles. The fraction of sp³-hybridized carbons (Fsp3) is 0.667. The maximum atomic E-state index is 12.2. The summed E-state index contributed by atoms with van der Waals surface area (Å²) in [6.07, 6.45) is 0. The normalized spacial score (nSPS) is 12.4. The fourth-order valence-corrected chi connectivity index (χ4v) is 2.92. The highest BCUT2D eigenvalue weighted by molar-refractivity contribution is 7.09. The average molecular weight is 327 g/mol. The van der Waals surface area contributed by atoms with Gasteiger partial charge in [-0.1, -0.05) is 27.7 Å². The van der Waals surface area contributed by atoms with Crippen LogP contribution in [0.4, 0.5) is 4.79 Å². The Labute approximate surface area is 135 Å². The van der Waals surface area contributed by atoms with Crippen molar-refractivity contribution < 1.29 is 14.3 Å². The molecule has 0 spiro atoms. The van der Waals surface area contributed by atoms with Gasteiger partial charge in [0, 0.05) is 18.3 Å². The summed E-state index contributed by atoms with van der Waals surface area (Å²) in [4.78, 5) is 29.9. The number of nitrogens with one attached hydrogen (secondary N) is 1. The molecule has 1 N–H and O–H groups in total. The molecule has 0 bridgehead atoms. The summed E-state index contributed by atoms with van der Waals surface area (Å²) < 4.78 is 4.77. The molecule has 124 valence electrons. The largest absolute Gasteiger partial charge is 0.467 e. The number of aromatic nitrogens is 1. The van der Waals surface area contributed by atoms with Crippen molar-refractivity contribution in [3.63, 3.8) is 0 Å². The molecule has 1 atom stereocenters. The lowest BCUT2D eigenvalue weighted by Gasteiger charge is -2.28. The van der Waals surface area contributed by atoms with Gasteiger partial charge in [-0.2, -0.15) is 0 Å². The van der Waals surface area contributed by atoms with Crippen LogP contribution in [0, 0.1) is 5.92 Å². The first-order valence-electron chi connectivity index (χ1n) is 7.30. The van der Waals surface area contributed by atoms with Crippen LogP contribution < -0.4 is 5.32 Å². The third kappa shape index (κ3) is 4.69. The Morgan fingerprint density at radius 1 is 1.36 bits per heavy atom. The molecule has 0 aliphatic heterocycles. The maximum absolute atomic E-state index is 12.2.